The SMILES string of the molecule is [Eu].[Zn].c1cscn1. The van der Waals surface area contributed by atoms with Gasteiger partial charge in [-0.15, -0.1) is 11.3 Å². The monoisotopic (exact) mass is 302 g/mol. The zero-order chi connectivity index (χ0) is 3.54. The van der Waals surface area contributed by atoms with Crippen molar-refractivity contribution in [3.63, 3.8) is 0 Å². The van der Waals surface area contributed by atoms with Crippen molar-refractivity contribution in [2.75, 3.05) is 0 Å². The molecule has 4 heteroatoms. The van der Waals surface area contributed by atoms with Crippen molar-refractivity contribution in [1.29, 1.82) is 0 Å². The molecule has 0 aliphatic heterocycles. The minimum Gasteiger partial charge on any atom is -0.253 e. The van der Waals surface area contributed by atoms with Crippen molar-refractivity contribution in [3.8, 4) is 0 Å². The average Bonchev–Trinajstić information content (AvgIpc) is 1.76. The maximum absolute atomic E-state index is 3.74. The Hall–Kier alpha value is 1.84. The van der Waals surface area contributed by atoms with Crippen molar-refractivity contribution in [1.82, 2.24) is 4.98 Å². The molecule has 0 fully saturated rings. The summed E-state index contributed by atoms with van der Waals surface area (Å²) in [7, 11) is 0. The molecule has 0 aromatic carbocycles. The Balaban J connectivity index is 0. The van der Waals surface area contributed by atoms with Crippen LogP contribution < -0.4 is 0 Å². The smallest absolute Gasteiger partial charge is 0.0791 e. The number of hydrogen-bond donors (Lipinski definition) is 0. The molecule has 0 amide bonds. The molecule has 1 heterocycles. The predicted molar refractivity (Wildman–Crippen MR) is 22.1 cm³/mol. The van der Waals surface area contributed by atoms with E-state index in [0.29, 0.717) is 0 Å². The summed E-state index contributed by atoms with van der Waals surface area (Å²) in [5.74, 6) is 0. The van der Waals surface area contributed by atoms with Crippen molar-refractivity contribution in [2.45, 2.75) is 0 Å². The molecule has 0 aliphatic rings. The molecule has 7 heavy (non-hydrogen) atoms. The quantitative estimate of drug-likeness (QED) is 0.655. The Kier molecular flexibility index (Phi) is 13.0. The summed E-state index contributed by atoms with van der Waals surface area (Å²) < 4.78 is 0. The third-order valence-electron chi connectivity index (χ3n) is 0.347. The number of nitrogens with zero attached hydrogens (tertiary/aromatic N) is 1. The topological polar surface area (TPSA) is 12.9 Å². The second kappa shape index (κ2) is 7.84. The zero-order valence-electron chi connectivity index (χ0n) is 3.67. The fraction of sp³-hybridized carbons (Fsp3) is 0. The first-order valence-electron chi connectivity index (χ1n) is 1.32. The van der Waals surface area contributed by atoms with E-state index in [0.717, 1.165) is 0 Å². The van der Waals surface area contributed by atoms with Crippen molar-refractivity contribution in [3.05, 3.63) is 17.1 Å². The van der Waals surface area contributed by atoms with Crippen molar-refractivity contribution < 1.29 is 68.9 Å². The fourth-order valence-electron chi connectivity index (χ4n) is 0.176. The van der Waals surface area contributed by atoms with Gasteiger partial charge in [-0.3, -0.25) is 4.98 Å². The van der Waals surface area contributed by atoms with Gasteiger partial charge < -0.3 is 0 Å². The Morgan fingerprint density at radius 1 is 1.43 bits per heavy atom. The van der Waals surface area contributed by atoms with Crippen LogP contribution in [0.25, 0.3) is 0 Å². The molecule has 1 aromatic heterocycles. The number of rotatable bonds is 0. The Bertz CT molecular complexity index is 71.4. The third kappa shape index (κ3) is 5.71. The van der Waals surface area contributed by atoms with Crippen LogP contribution in [0.1, 0.15) is 0 Å². The van der Waals surface area contributed by atoms with Gasteiger partial charge in [-0.2, -0.15) is 0 Å². The van der Waals surface area contributed by atoms with Crippen LogP contribution in [0.3, 0.4) is 0 Å². The third-order valence-corrected chi connectivity index (χ3v) is 0.869. The molecule has 0 N–H and O–H groups in total. The molecule has 1 aromatic rings. The van der Waals surface area contributed by atoms with Gasteiger partial charge in [0.2, 0.25) is 0 Å². The van der Waals surface area contributed by atoms with E-state index in [-0.39, 0.29) is 68.9 Å². The van der Waals surface area contributed by atoms with E-state index in [1.807, 2.05) is 5.38 Å². The second-order valence-corrected chi connectivity index (χ2v) is 1.43. The van der Waals surface area contributed by atoms with Crippen LogP contribution in [-0.4, -0.2) is 4.98 Å². The first-order chi connectivity index (χ1) is 2.50. The first-order valence-corrected chi connectivity index (χ1v) is 2.26. The number of thiazole rings is 1. The van der Waals surface area contributed by atoms with E-state index >= 15 is 0 Å². The summed E-state index contributed by atoms with van der Waals surface area (Å²) in [6, 6.07) is 0. The molecule has 0 atom stereocenters. The van der Waals surface area contributed by atoms with Gasteiger partial charge in [-0.05, 0) is 0 Å². The summed E-state index contributed by atoms with van der Waals surface area (Å²) in [4.78, 5) is 3.74. The van der Waals surface area contributed by atoms with Gasteiger partial charge in [0.1, 0.15) is 0 Å². The normalized spacial score (nSPS) is 5.71. The van der Waals surface area contributed by atoms with E-state index < -0.39 is 0 Å². The standard InChI is InChI=1S/C3H3NS.Eu.Zn/c1-2-5-3-4-1;;/h1-3H;;. The molecule has 0 spiro atoms. The van der Waals surface area contributed by atoms with Gasteiger partial charge >= 0.3 is 0 Å². The van der Waals surface area contributed by atoms with E-state index in [4.69, 9.17) is 0 Å². The molecule has 1 radical (unpaired) electrons. The number of aromatic nitrogens is 1. The van der Waals surface area contributed by atoms with Crippen LogP contribution in [0, 0.1) is 49.4 Å². The van der Waals surface area contributed by atoms with Crippen molar-refractivity contribution in [2.24, 2.45) is 0 Å². The van der Waals surface area contributed by atoms with Gasteiger partial charge in [0, 0.05) is 80.4 Å². The van der Waals surface area contributed by atoms with Gasteiger partial charge in [-0.25, -0.2) is 0 Å². The fourth-order valence-corrected chi connectivity index (χ4v) is 0.527. The van der Waals surface area contributed by atoms with Gasteiger partial charge in [0.05, 0.1) is 5.51 Å². The average molecular weight is 302 g/mol. The molecule has 0 saturated carbocycles. The van der Waals surface area contributed by atoms with Crippen LogP contribution in [0.15, 0.2) is 17.1 Å². The minimum absolute atomic E-state index is 0. The predicted octanol–water partition coefficient (Wildman–Crippen LogP) is 1.14. The molecule has 0 saturated heterocycles. The molecule has 1 nitrogen and oxygen atoms in total. The van der Waals surface area contributed by atoms with Crippen LogP contribution in [0.5, 0.6) is 0 Å². The molecular weight excluding hydrogens is 299 g/mol. The van der Waals surface area contributed by atoms with Crippen LogP contribution in [-0.2, 0) is 19.5 Å². The maximum Gasteiger partial charge on any atom is 0.0791 e. The Morgan fingerprint density at radius 3 is 2.29 bits per heavy atom. The summed E-state index contributed by atoms with van der Waals surface area (Å²) in [5.41, 5.74) is 1.79. The van der Waals surface area contributed by atoms with Crippen LogP contribution in [0.4, 0.5) is 0 Å². The summed E-state index contributed by atoms with van der Waals surface area (Å²) in [6.45, 7) is 0. The summed E-state index contributed by atoms with van der Waals surface area (Å²) >= 11 is 1.60. The second-order valence-electron chi connectivity index (χ2n) is 0.676. The Labute approximate surface area is 100 Å². The molecule has 35 valence electrons. The maximum atomic E-state index is 3.74. The van der Waals surface area contributed by atoms with E-state index in [2.05, 4.69) is 4.98 Å². The minimum atomic E-state index is 0. The molecule has 0 bridgehead atoms. The summed E-state index contributed by atoms with van der Waals surface area (Å²) in [6.07, 6.45) is 1.77. The zero-order valence-corrected chi connectivity index (χ0v) is 9.88. The summed E-state index contributed by atoms with van der Waals surface area (Å²) in [5, 5.41) is 1.93. The Morgan fingerprint density at radius 2 is 2.14 bits per heavy atom. The molecule has 1 rings (SSSR count). The molecular formula is C3H3EuNSZn. The number of hydrogen-bond acceptors (Lipinski definition) is 2. The molecule has 0 aliphatic carbocycles. The van der Waals surface area contributed by atoms with E-state index in [1.54, 1.807) is 23.0 Å². The molecule has 0 unspecified atom stereocenters. The van der Waals surface area contributed by atoms with Gasteiger partial charge in [0.25, 0.3) is 0 Å². The largest absolute Gasteiger partial charge is 0.253 e. The van der Waals surface area contributed by atoms with Crippen LogP contribution in [0.2, 0.25) is 0 Å². The van der Waals surface area contributed by atoms with Gasteiger partial charge in [-0.1, -0.05) is 0 Å². The first kappa shape index (κ1) is 11.6. The van der Waals surface area contributed by atoms with E-state index in [9.17, 15) is 0 Å². The van der Waals surface area contributed by atoms with Crippen molar-refractivity contribution >= 4 is 11.3 Å². The van der Waals surface area contributed by atoms with Crippen LogP contribution >= 0.6 is 11.3 Å². The van der Waals surface area contributed by atoms with Gasteiger partial charge in [0.15, 0.2) is 0 Å². The van der Waals surface area contributed by atoms with E-state index in [1.165, 1.54) is 0 Å².